The zero-order chi connectivity index (χ0) is 35.7. The quantitative estimate of drug-likeness (QED) is 0.134. The SMILES string of the molecule is CC(C)(C)NC(=O)C(Cc1ccccc1)N(Cc1ccccc1Cl)C(=O)CN(c1ccc(Oc2ccccc2)cc1)S(=O)(=O)c1ccccc1. The van der Waals surface area contributed by atoms with Gasteiger partial charge in [-0.25, -0.2) is 8.42 Å². The fraction of sp³-hybridized carbons (Fsp3) is 0.200. The van der Waals surface area contributed by atoms with Crippen molar-refractivity contribution in [3.63, 3.8) is 0 Å². The molecule has 0 aliphatic heterocycles. The summed E-state index contributed by atoms with van der Waals surface area (Å²) >= 11 is 6.59. The van der Waals surface area contributed by atoms with E-state index in [0.29, 0.717) is 22.1 Å². The summed E-state index contributed by atoms with van der Waals surface area (Å²) in [6, 6.07) is 39.1. The number of amides is 2. The number of anilines is 1. The van der Waals surface area contributed by atoms with Crippen molar-refractivity contribution in [1.29, 1.82) is 0 Å². The molecule has 1 unspecified atom stereocenters. The summed E-state index contributed by atoms with van der Waals surface area (Å²) in [4.78, 5) is 30.2. The highest BCUT2D eigenvalue weighted by atomic mass is 35.5. The lowest BCUT2D eigenvalue weighted by Crippen LogP contribution is -2.56. The van der Waals surface area contributed by atoms with Crippen molar-refractivity contribution in [1.82, 2.24) is 10.2 Å². The number of carbonyl (C=O) groups is 2. The smallest absolute Gasteiger partial charge is 0.264 e. The normalized spacial score (nSPS) is 12.1. The van der Waals surface area contributed by atoms with Crippen molar-refractivity contribution < 1.29 is 22.7 Å². The minimum absolute atomic E-state index is 0.0152. The summed E-state index contributed by atoms with van der Waals surface area (Å²) in [7, 11) is -4.25. The molecule has 10 heteroatoms. The average molecular weight is 710 g/mol. The number of nitrogens with zero attached hydrogens (tertiary/aromatic N) is 2. The molecule has 0 bridgehead atoms. The Morgan fingerprint density at radius 2 is 1.28 bits per heavy atom. The van der Waals surface area contributed by atoms with Crippen LogP contribution in [0.15, 0.2) is 144 Å². The zero-order valence-electron chi connectivity index (χ0n) is 28.2. The van der Waals surface area contributed by atoms with Crippen LogP contribution in [0, 0.1) is 0 Å². The van der Waals surface area contributed by atoms with Gasteiger partial charge in [-0.1, -0.05) is 96.5 Å². The molecule has 0 aliphatic rings. The second-order valence-electron chi connectivity index (χ2n) is 12.8. The van der Waals surface area contributed by atoms with E-state index in [1.165, 1.54) is 17.0 Å². The Morgan fingerprint density at radius 3 is 1.88 bits per heavy atom. The number of rotatable bonds is 13. The molecule has 0 aliphatic carbocycles. The lowest BCUT2D eigenvalue weighted by molar-refractivity contribution is -0.140. The third-order valence-corrected chi connectivity index (χ3v) is 9.94. The van der Waals surface area contributed by atoms with Crippen LogP contribution in [0.3, 0.4) is 0 Å². The number of halogens is 1. The van der Waals surface area contributed by atoms with E-state index in [-0.39, 0.29) is 29.5 Å². The molecule has 0 saturated carbocycles. The summed E-state index contributed by atoms with van der Waals surface area (Å²) in [5.41, 5.74) is 1.10. The van der Waals surface area contributed by atoms with E-state index >= 15 is 0 Å². The van der Waals surface area contributed by atoms with Crippen molar-refractivity contribution in [2.75, 3.05) is 10.8 Å². The van der Waals surface area contributed by atoms with Crippen LogP contribution < -0.4 is 14.4 Å². The molecule has 5 aromatic rings. The molecule has 5 rings (SSSR count). The van der Waals surface area contributed by atoms with E-state index < -0.39 is 34.1 Å². The molecule has 5 aromatic carbocycles. The second kappa shape index (κ2) is 16.1. The van der Waals surface area contributed by atoms with Gasteiger partial charge in [0.2, 0.25) is 11.8 Å². The van der Waals surface area contributed by atoms with Crippen molar-refractivity contribution in [2.45, 2.75) is 50.2 Å². The fourth-order valence-corrected chi connectivity index (χ4v) is 7.00. The van der Waals surface area contributed by atoms with Gasteiger partial charge in [-0.05, 0) is 86.5 Å². The van der Waals surface area contributed by atoms with E-state index in [2.05, 4.69) is 5.32 Å². The van der Waals surface area contributed by atoms with Gasteiger partial charge in [0.05, 0.1) is 10.6 Å². The lowest BCUT2D eigenvalue weighted by atomic mass is 10.0. The van der Waals surface area contributed by atoms with Gasteiger partial charge < -0.3 is 15.0 Å². The third-order valence-electron chi connectivity index (χ3n) is 7.78. The first-order chi connectivity index (χ1) is 23.9. The van der Waals surface area contributed by atoms with Crippen LogP contribution >= 0.6 is 11.6 Å². The summed E-state index contributed by atoms with van der Waals surface area (Å²) in [5, 5.41) is 3.45. The summed E-state index contributed by atoms with van der Waals surface area (Å²) in [6.45, 7) is 4.98. The monoisotopic (exact) mass is 709 g/mol. The highest BCUT2D eigenvalue weighted by molar-refractivity contribution is 7.92. The number of nitrogens with one attached hydrogen (secondary N) is 1. The predicted molar refractivity (Wildman–Crippen MR) is 198 cm³/mol. The van der Waals surface area contributed by atoms with Crippen LogP contribution in [-0.2, 0) is 32.6 Å². The molecule has 0 spiro atoms. The molecule has 1 N–H and O–H groups in total. The number of para-hydroxylation sites is 1. The predicted octanol–water partition coefficient (Wildman–Crippen LogP) is 7.88. The van der Waals surface area contributed by atoms with E-state index in [9.17, 15) is 18.0 Å². The standard InChI is InChI=1S/C40H40ClN3O5S/c1-40(2,3)42-39(46)37(27-30-15-7-4-8-16-30)43(28-31-17-13-14-22-36(31)41)38(45)29-44(50(47,48)35-20-11-6-12-21-35)32-23-25-34(26-24-32)49-33-18-9-5-10-19-33/h4-26,37H,27-29H2,1-3H3,(H,42,46). The van der Waals surface area contributed by atoms with Crippen molar-refractivity contribution in [2.24, 2.45) is 0 Å². The van der Waals surface area contributed by atoms with Crippen molar-refractivity contribution >= 4 is 39.1 Å². The van der Waals surface area contributed by atoms with E-state index in [4.69, 9.17) is 16.3 Å². The van der Waals surface area contributed by atoms with Crippen LogP contribution in [0.1, 0.15) is 31.9 Å². The average Bonchev–Trinajstić information content (AvgIpc) is 3.10. The van der Waals surface area contributed by atoms with E-state index in [0.717, 1.165) is 9.87 Å². The topological polar surface area (TPSA) is 96.0 Å². The molecule has 8 nitrogen and oxygen atoms in total. The Labute approximate surface area is 299 Å². The van der Waals surface area contributed by atoms with E-state index in [1.807, 2.05) is 81.4 Å². The molecular weight excluding hydrogens is 670 g/mol. The third kappa shape index (κ3) is 9.52. The molecule has 0 saturated heterocycles. The highest BCUT2D eigenvalue weighted by Crippen LogP contribution is 2.29. The van der Waals surface area contributed by atoms with Gasteiger partial charge in [0.15, 0.2) is 0 Å². The minimum Gasteiger partial charge on any atom is -0.457 e. The van der Waals surface area contributed by atoms with Crippen molar-refractivity contribution in [3.05, 3.63) is 156 Å². The molecule has 50 heavy (non-hydrogen) atoms. The van der Waals surface area contributed by atoms with Gasteiger partial charge in [0.1, 0.15) is 24.1 Å². The Kier molecular flexibility index (Phi) is 11.6. The van der Waals surface area contributed by atoms with Crippen LogP contribution in [0.2, 0.25) is 5.02 Å². The Morgan fingerprint density at radius 1 is 0.740 bits per heavy atom. The Bertz CT molecular complexity index is 1990. The van der Waals surface area contributed by atoms with Gasteiger partial charge in [-0.15, -0.1) is 0 Å². The number of benzene rings is 5. The summed E-state index contributed by atoms with van der Waals surface area (Å²) in [5.74, 6) is 0.156. The first-order valence-corrected chi connectivity index (χ1v) is 18.0. The summed E-state index contributed by atoms with van der Waals surface area (Å²) in [6.07, 6.45) is 0.190. The Balaban J connectivity index is 1.57. The lowest BCUT2D eigenvalue weighted by Gasteiger charge is -2.35. The molecule has 0 fully saturated rings. The molecule has 0 aromatic heterocycles. The molecular formula is C40H40ClN3O5S. The number of carbonyl (C=O) groups excluding carboxylic acids is 2. The number of sulfonamides is 1. The van der Waals surface area contributed by atoms with Crippen LogP contribution in [0.4, 0.5) is 5.69 Å². The van der Waals surface area contributed by atoms with Crippen LogP contribution in [0.25, 0.3) is 0 Å². The van der Waals surface area contributed by atoms with Gasteiger partial charge in [-0.3, -0.25) is 13.9 Å². The van der Waals surface area contributed by atoms with Crippen molar-refractivity contribution in [3.8, 4) is 11.5 Å². The van der Waals surface area contributed by atoms with Crippen LogP contribution in [-0.4, -0.2) is 43.3 Å². The molecule has 2 amide bonds. The summed E-state index contributed by atoms with van der Waals surface area (Å²) < 4.78 is 35.6. The number of ether oxygens (including phenoxy) is 1. The zero-order valence-corrected chi connectivity index (χ0v) is 29.8. The largest absolute Gasteiger partial charge is 0.457 e. The van der Waals surface area contributed by atoms with Gasteiger partial charge in [0.25, 0.3) is 10.0 Å². The Hall–Kier alpha value is -5.12. The minimum atomic E-state index is -4.25. The second-order valence-corrected chi connectivity index (χ2v) is 15.1. The maximum atomic E-state index is 14.7. The molecule has 0 radical (unpaired) electrons. The maximum absolute atomic E-state index is 14.7. The number of hydrogen-bond acceptors (Lipinski definition) is 5. The fourth-order valence-electron chi connectivity index (χ4n) is 5.37. The molecule has 1 atom stereocenters. The molecule has 0 heterocycles. The van der Waals surface area contributed by atoms with Gasteiger partial charge in [0, 0.05) is 23.5 Å². The van der Waals surface area contributed by atoms with Gasteiger partial charge >= 0.3 is 0 Å². The first kappa shape index (κ1) is 36.2. The molecule has 258 valence electrons. The number of hydrogen-bond donors (Lipinski definition) is 1. The maximum Gasteiger partial charge on any atom is 0.264 e. The highest BCUT2D eigenvalue weighted by Gasteiger charge is 2.36. The van der Waals surface area contributed by atoms with E-state index in [1.54, 1.807) is 66.7 Å². The van der Waals surface area contributed by atoms with Gasteiger partial charge in [-0.2, -0.15) is 0 Å². The first-order valence-electron chi connectivity index (χ1n) is 16.2. The van der Waals surface area contributed by atoms with Crippen LogP contribution in [0.5, 0.6) is 11.5 Å².